The zero-order valence-electron chi connectivity index (χ0n) is 13.9. The fourth-order valence-corrected chi connectivity index (χ4v) is 5.25. The van der Waals surface area contributed by atoms with Crippen LogP contribution in [0.3, 0.4) is 0 Å². The molecule has 5 aliphatic rings. The highest BCUT2D eigenvalue weighted by atomic mass is 19.4. The van der Waals surface area contributed by atoms with Gasteiger partial charge in [-0.15, -0.1) is 0 Å². The molecule has 1 spiro atoms. The zero-order chi connectivity index (χ0) is 17.5. The molecule has 8 atom stereocenters. The lowest BCUT2D eigenvalue weighted by Gasteiger charge is -2.62. The lowest BCUT2D eigenvalue weighted by molar-refractivity contribution is -0.597. The van der Waals surface area contributed by atoms with Crippen molar-refractivity contribution < 1.29 is 37.5 Å². The smallest absolute Gasteiger partial charge is 0.358 e. The molecule has 1 saturated carbocycles. The van der Waals surface area contributed by atoms with E-state index in [1.165, 1.54) is 6.92 Å². The molecule has 1 N–H and O–H groups in total. The Morgan fingerprint density at radius 2 is 1.71 bits per heavy atom. The van der Waals surface area contributed by atoms with Crippen LogP contribution in [0.15, 0.2) is 0 Å². The Labute approximate surface area is 138 Å². The van der Waals surface area contributed by atoms with Gasteiger partial charge in [-0.2, -0.15) is 13.2 Å². The van der Waals surface area contributed by atoms with Crippen molar-refractivity contribution in [3.8, 4) is 0 Å². The van der Waals surface area contributed by atoms with E-state index in [2.05, 4.69) is 6.92 Å². The van der Waals surface area contributed by atoms with Crippen LogP contribution in [-0.4, -0.2) is 34.7 Å². The molecule has 0 radical (unpaired) electrons. The molecule has 2 unspecified atom stereocenters. The summed E-state index contributed by atoms with van der Waals surface area (Å²) in [7, 11) is 0. The Hall–Kier alpha value is -0.410. The van der Waals surface area contributed by atoms with Gasteiger partial charge in [0, 0.05) is 18.3 Å². The largest absolute Gasteiger partial charge is 0.443 e. The molecule has 0 aromatic carbocycles. The molecule has 4 saturated heterocycles. The van der Waals surface area contributed by atoms with E-state index in [-0.39, 0.29) is 11.8 Å². The van der Waals surface area contributed by atoms with Crippen LogP contribution in [0.4, 0.5) is 13.2 Å². The lowest BCUT2D eigenvalue weighted by atomic mass is 9.57. The average Bonchev–Trinajstić information content (AvgIpc) is 2.70. The van der Waals surface area contributed by atoms with E-state index < -0.39 is 41.5 Å². The topological polar surface area (TPSA) is 57.2 Å². The third-order valence-electron chi connectivity index (χ3n) is 6.69. The molecule has 5 rings (SSSR count). The Balaban J connectivity index is 1.84. The summed E-state index contributed by atoms with van der Waals surface area (Å²) in [6.07, 6.45) is -3.70. The monoisotopic (exact) mass is 352 g/mol. The fourth-order valence-electron chi connectivity index (χ4n) is 5.25. The first kappa shape index (κ1) is 17.0. The summed E-state index contributed by atoms with van der Waals surface area (Å²) in [4.78, 5) is 11.3. The zero-order valence-corrected chi connectivity index (χ0v) is 13.9. The van der Waals surface area contributed by atoms with Gasteiger partial charge in [0.1, 0.15) is 0 Å². The standard InChI is InChI=1S/C16H23F3O5/c1-8-4-5-11-9(2)15(20,16(17,18)19)22-12-14(11)10(8)6-7-13(3,21-12)23-24-14/h8-12,20H,4-7H2,1-3H3/t8-,9-,10+,11+,12+,13?,14?,15-/m1/s1. The molecule has 5 fully saturated rings. The Morgan fingerprint density at radius 1 is 1.00 bits per heavy atom. The van der Waals surface area contributed by atoms with Crippen LogP contribution in [0, 0.1) is 23.7 Å². The molecule has 4 aliphatic heterocycles. The van der Waals surface area contributed by atoms with Crippen molar-refractivity contribution in [2.45, 2.75) is 76.1 Å². The summed E-state index contributed by atoms with van der Waals surface area (Å²) in [5.41, 5.74) is -1.11. The maximum Gasteiger partial charge on any atom is 0.443 e. The van der Waals surface area contributed by atoms with Crippen LogP contribution < -0.4 is 0 Å². The average molecular weight is 352 g/mol. The number of hydrogen-bond acceptors (Lipinski definition) is 5. The van der Waals surface area contributed by atoms with E-state index >= 15 is 0 Å². The van der Waals surface area contributed by atoms with Gasteiger partial charge in [0.05, 0.1) is 0 Å². The van der Waals surface area contributed by atoms with Crippen molar-refractivity contribution in [3.05, 3.63) is 0 Å². The molecule has 1 aliphatic carbocycles. The first-order chi connectivity index (χ1) is 11.0. The second-order valence-corrected chi connectivity index (χ2v) is 8.01. The van der Waals surface area contributed by atoms with Crippen molar-refractivity contribution in [2.75, 3.05) is 0 Å². The SMILES string of the molecule is C[C@@H]1CC[C@H]2[C@@H](C)[C@](O)(C(F)(F)F)O[C@@H]3OC4(C)CC[C@@H]1C32OO4. The molecule has 4 heterocycles. The maximum absolute atomic E-state index is 13.6. The van der Waals surface area contributed by atoms with Gasteiger partial charge in [0.25, 0.3) is 5.79 Å². The number of rotatable bonds is 0. The first-order valence-corrected chi connectivity index (χ1v) is 8.55. The molecular weight excluding hydrogens is 329 g/mol. The molecule has 8 heteroatoms. The lowest BCUT2D eigenvalue weighted by Crippen LogP contribution is -2.75. The number of ether oxygens (including phenoxy) is 2. The molecular formula is C16H23F3O5. The van der Waals surface area contributed by atoms with Gasteiger partial charge < -0.3 is 14.6 Å². The highest BCUT2D eigenvalue weighted by molar-refractivity contribution is 5.12. The minimum Gasteiger partial charge on any atom is -0.358 e. The summed E-state index contributed by atoms with van der Waals surface area (Å²) in [6.45, 7) is 5.08. The van der Waals surface area contributed by atoms with Gasteiger partial charge in [-0.3, -0.25) is 0 Å². The molecule has 5 nitrogen and oxygen atoms in total. The van der Waals surface area contributed by atoms with Gasteiger partial charge in [-0.1, -0.05) is 13.8 Å². The van der Waals surface area contributed by atoms with Crippen molar-refractivity contribution in [1.29, 1.82) is 0 Å². The summed E-state index contributed by atoms with van der Waals surface area (Å²) >= 11 is 0. The van der Waals surface area contributed by atoms with E-state index in [9.17, 15) is 18.3 Å². The summed E-state index contributed by atoms with van der Waals surface area (Å²) in [6, 6.07) is 0. The van der Waals surface area contributed by atoms with E-state index in [4.69, 9.17) is 19.2 Å². The number of aliphatic hydroxyl groups is 1. The van der Waals surface area contributed by atoms with Crippen molar-refractivity contribution in [2.24, 2.45) is 23.7 Å². The van der Waals surface area contributed by atoms with E-state index in [1.54, 1.807) is 6.92 Å². The van der Waals surface area contributed by atoms with Gasteiger partial charge in [0.2, 0.25) is 5.79 Å². The summed E-state index contributed by atoms with van der Waals surface area (Å²) < 4.78 is 51.7. The highest BCUT2D eigenvalue weighted by Gasteiger charge is 2.76. The van der Waals surface area contributed by atoms with Crippen LogP contribution in [0.25, 0.3) is 0 Å². The van der Waals surface area contributed by atoms with Gasteiger partial charge in [0.15, 0.2) is 11.9 Å². The van der Waals surface area contributed by atoms with Gasteiger partial charge >= 0.3 is 6.18 Å². The number of halogens is 3. The normalized spacial score (nSPS) is 57.4. The van der Waals surface area contributed by atoms with Crippen LogP contribution in [0.2, 0.25) is 0 Å². The number of hydrogen-bond donors (Lipinski definition) is 1. The minimum absolute atomic E-state index is 0.0363. The Morgan fingerprint density at radius 3 is 2.38 bits per heavy atom. The first-order valence-electron chi connectivity index (χ1n) is 8.55. The molecule has 2 bridgehead atoms. The van der Waals surface area contributed by atoms with Crippen molar-refractivity contribution >= 4 is 0 Å². The van der Waals surface area contributed by atoms with E-state index in [0.717, 1.165) is 12.8 Å². The van der Waals surface area contributed by atoms with Gasteiger partial charge in [-0.25, -0.2) is 9.78 Å². The quantitative estimate of drug-likeness (QED) is 0.679. The predicted molar refractivity (Wildman–Crippen MR) is 74.0 cm³/mol. The highest BCUT2D eigenvalue weighted by Crippen LogP contribution is 2.63. The van der Waals surface area contributed by atoms with E-state index in [1.807, 2.05) is 0 Å². The third-order valence-corrected chi connectivity index (χ3v) is 6.69. The van der Waals surface area contributed by atoms with Crippen molar-refractivity contribution in [3.63, 3.8) is 0 Å². The Kier molecular flexibility index (Phi) is 3.44. The summed E-state index contributed by atoms with van der Waals surface area (Å²) in [5.74, 6) is -5.94. The second kappa shape index (κ2) is 4.85. The third kappa shape index (κ3) is 1.95. The minimum atomic E-state index is -4.91. The van der Waals surface area contributed by atoms with E-state index in [0.29, 0.717) is 12.8 Å². The number of alkyl halides is 3. The molecule has 0 amide bonds. The van der Waals surface area contributed by atoms with Crippen molar-refractivity contribution in [1.82, 2.24) is 0 Å². The maximum atomic E-state index is 13.6. The Bertz CT molecular complexity index is 542. The molecule has 0 aromatic heterocycles. The molecule has 0 aromatic rings. The van der Waals surface area contributed by atoms with Crippen LogP contribution in [0.1, 0.15) is 46.5 Å². The van der Waals surface area contributed by atoms with Crippen LogP contribution >= 0.6 is 0 Å². The predicted octanol–water partition coefficient (Wildman–Crippen LogP) is 3.12. The van der Waals surface area contributed by atoms with Gasteiger partial charge in [-0.05, 0) is 38.0 Å². The number of fused-ring (bicyclic) bond motifs is 2. The second-order valence-electron chi connectivity index (χ2n) is 8.01. The fraction of sp³-hybridized carbons (Fsp3) is 1.00. The molecule has 138 valence electrons. The van der Waals surface area contributed by atoms with Crippen LogP contribution in [0.5, 0.6) is 0 Å². The molecule has 24 heavy (non-hydrogen) atoms. The van der Waals surface area contributed by atoms with Crippen LogP contribution in [-0.2, 0) is 19.2 Å². The summed E-state index contributed by atoms with van der Waals surface area (Å²) in [5, 5.41) is 10.4.